The Morgan fingerprint density at radius 1 is 1.67 bits per heavy atom. The Morgan fingerprint density at radius 2 is 2.40 bits per heavy atom. The molecule has 0 spiro atoms. The van der Waals surface area contributed by atoms with Crippen LogP contribution in [-0.4, -0.2) is 20.7 Å². The molecule has 0 amide bonds. The topological polar surface area (TPSA) is 78.4 Å². The number of pyridine rings is 1. The van der Waals surface area contributed by atoms with Crippen molar-refractivity contribution in [2.45, 2.75) is 6.92 Å². The summed E-state index contributed by atoms with van der Waals surface area (Å²) in [6.07, 6.45) is 1.62. The van der Waals surface area contributed by atoms with Crippen LogP contribution in [0.1, 0.15) is 21.6 Å². The summed E-state index contributed by atoms with van der Waals surface area (Å²) in [6, 6.07) is 5.01. The van der Waals surface area contributed by atoms with E-state index in [1.807, 2.05) is 6.07 Å². The normalized spacial score (nSPS) is 10.1. The summed E-state index contributed by atoms with van der Waals surface area (Å²) in [5.74, 6) is -1.02. The predicted molar refractivity (Wildman–Crippen MR) is 51.6 cm³/mol. The van der Waals surface area contributed by atoms with Gasteiger partial charge in [-0.25, -0.2) is 9.31 Å². The van der Waals surface area contributed by atoms with E-state index in [4.69, 9.17) is 10.4 Å². The van der Waals surface area contributed by atoms with Crippen molar-refractivity contribution in [1.29, 1.82) is 5.26 Å². The first-order valence-electron chi connectivity index (χ1n) is 4.26. The van der Waals surface area contributed by atoms with E-state index in [2.05, 4.69) is 5.10 Å². The van der Waals surface area contributed by atoms with Gasteiger partial charge in [-0.3, -0.25) is 0 Å². The Kier molecular flexibility index (Phi) is 1.90. The molecule has 0 radical (unpaired) electrons. The second-order valence-corrected chi connectivity index (χ2v) is 3.11. The highest BCUT2D eigenvalue weighted by Crippen LogP contribution is 2.18. The molecule has 74 valence electrons. The molecule has 2 aromatic rings. The highest BCUT2D eigenvalue weighted by atomic mass is 16.4. The van der Waals surface area contributed by atoms with Gasteiger partial charge in [-0.15, -0.1) is 0 Å². The number of carboxylic acid groups (broad SMARTS) is 1. The number of carboxylic acids is 1. The lowest BCUT2D eigenvalue weighted by Gasteiger charge is -1.98. The number of aromatic carboxylic acids is 1. The first kappa shape index (κ1) is 9.21. The molecule has 0 unspecified atom stereocenters. The fourth-order valence-corrected chi connectivity index (χ4v) is 1.53. The maximum atomic E-state index is 10.9. The Hall–Kier alpha value is -2.35. The van der Waals surface area contributed by atoms with E-state index in [1.165, 1.54) is 10.6 Å². The highest BCUT2D eigenvalue weighted by Gasteiger charge is 2.15. The van der Waals surface area contributed by atoms with Gasteiger partial charge in [0.15, 0.2) is 5.69 Å². The van der Waals surface area contributed by atoms with E-state index in [-0.39, 0.29) is 11.3 Å². The van der Waals surface area contributed by atoms with Crippen LogP contribution in [-0.2, 0) is 0 Å². The molecular weight excluding hydrogens is 194 g/mol. The second kappa shape index (κ2) is 3.10. The molecule has 2 heterocycles. The highest BCUT2D eigenvalue weighted by molar-refractivity contribution is 5.96. The monoisotopic (exact) mass is 201 g/mol. The molecule has 0 aromatic carbocycles. The summed E-state index contributed by atoms with van der Waals surface area (Å²) in [5.41, 5.74) is 1.48. The zero-order valence-electron chi connectivity index (χ0n) is 7.93. The predicted octanol–water partition coefficient (Wildman–Crippen LogP) is 1.21. The number of fused-ring (bicyclic) bond motifs is 1. The first-order valence-corrected chi connectivity index (χ1v) is 4.26. The summed E-state index contributed by atoms with van der Waals surface area (Å²) in [7, 11) is 0. The number of aryl methyl sites for hydroxylation is 1. The maximum absolute atomic E-state index is 10.9. The van der Waals surface area contributed by atoms with Gasteiger partial charge in [0.05, 0.1) is 11.1 Å². The van der Waals surface area contributed by atoms with Crippen molar-refractivity contribution in [3.63, 3.8) is 0 Å². The summed E-state index contributed by atoms with van der Waals surface area (Å²) in [5, 5.41) is 21.7. The van der Waals surface area contributed by atoms with E-state index in [1.54, 1.807) is 19.2 Å². The molecule has 0 saturated carbocycles. The van der Waals surface area contributed by atoms with Crippen LogP contribution in [0.2, 0.25) is 0 Å². The van der Waals surface area contributed by atoms with Crippen LogP contribution in [0.4, 0.5) is 0 Å². The number of nitriles is 1. The molecule has 15 heavy (non-hydrogen) atoms. The SMILES string of the molecule is Cc1c(C#N)nn2cccc(C(=O)O)c12. The number of hydrogen-bond acceptors (Lipinski definition) is 3. The van der Waals surface area contributed by atoms with Gasteiger partial charge in [-0.2, -0.15) is 10.4 Å². The molecule has 0 fully saturated rings. The minimum Gasteiger partial charge on any atom is -0.478 e. The van der Waals surface area contributed by atoms with E-state index in [0.29, 0.717) is 11.1 Å². The van der Waals surface area contributed by atoms with Gasteiger partial charge >= 0.3 is 5.97 Å². The number of carbonyl (C=O) groups is 1. The van der Waals surface area contributed by atoms with E-state index in [0.717, 1.165) is 0 Å². The molecule has 0 atom stereocenters. The van der Waals surface area contributed by atoms with E-state index >= 15 is 0 Å². The van der Waals surface area contributed by atoms with Crippen molar-refractivity contribution in [2.75, 3.05) is 0 Å². The molecule has 0 saturated heterocycles. The van der Waals surface area contributed by atoms with Crippen LogP contribution in [0.3, 0.4) is 0 Å². The number of aromatic nitrogens is 2. The van der Waals surface area contributed by atoms with Crippen molar-refractivity contribution in [3.8, 4) is 6.07 Å². The van der Waals surface area contributed by atoms with Crippen LogP contribution in [0.15, 0.2) is 18.3 Å². The van der Waals surface area contributed by atoms with Crippen LogP contribution in [0.5, 0.6) is 0 Å². The van der Waals surface area contributed by atoms with Gasteiger partial charge in [0.1, 0.15) is 6.07 Å². The van der Waals surface area contributed by atoms with Crippen molar-refractivity contribution < 1.29 is 9.90 Å². The third kappa shape index (κ3) is 1.23. The van der Waals surface area contributed by atoms with E-state index in [9.17, 15) is 4.79 Å². The Morgan fingerprint density at radius 3 is 3.00 bits per heavy atom. The van der Waals surface area contributed by atoms with Gasteiger partial charge < -0.3 is 5.11 Å². The summed E-state index contributed by atoms with van der Waals surface area (Å²) >= 11 is 0. The van der Waals surface area contributed by atoms with E-state index < -0.39 is 5.97 Å². The second-order valence-electron chi connectivity index (χ2n) is 3.11. The fourth-order valence-electron chi connectivity index (χ4n) is 1.53. The summed E-state index contributed by atoms with van der Waals surface area (Å²) in [6.45, 7) is 1.69. The number of rotatable bonds is 1. The Balaban J connectivity index is 2.92. The summed E-state index contributed by atoms with van der Waals surface area (Å²) < 4.78 is 1.41. The van der Waals surface area contributed by atoms with Gasteiger partial charge in [0, 0.05) is 11.8 Å². The molecule has 1 N–H and O–H groups in total. The lowest BCUT2D eigenvalue weighted by Crippen LogP contribution is -2.00. The van der Waals surface area contributed by atoms with Crippen molar-refractivity contribution >= 4 is 11.5 Å². The zero-order valence-corrected chi connectivity index (χ0v) is 7.93. The fraction of sp³-hybridized carbons (Fsp3) is 0.100. The van der Waals surface area contributed by atoms with Gasteiger partial charge in [-0.1, -0.05) is 0 Å². The molecule has 5 heteroatoms. The molecule has 0 aliphatic carbocycles. The smallest absolute Gasteiger partial charge is 0.337 e. The molecule has 0 bridgehead atoms. The van der Waals surface area contributed by atoms with Crippen LogP contribution in [0, 0.1) is 18.3 Å². The Bertz CT molecular complexity index is 592. The number of hydrogen-bond donors (Lipinski definition) is 1. The maximum Gasteiger partial charge on any atom is 0.337 e. The van der Waals surface area contributed by atoms with Crippen LogP contribution >= 0.6 is 0 Å². The lowest BCUT2D eigenvalue weighted by molar-refractivity contribution is 0.0698. The third-order valence-electron chi connectivity index (χ3n) is 2.23. The zero-order chi connectivity index (χ0) is 11.0. The summed E-state index contributed by atoms with van der Waals surface area (Å²) in [4.78, 5) is 10.9. The average Bonchev–Trinajstić information content (AvgIpc) is 2.55. The van der Waals surface area contributed by atoms with Crippen molar-refractivity contribution in [1.82, 2.24) is 9.61 Å². The molecular formula is C10H7N3O2. The van der Waals surface area contributed by atoms with Gasteiger partial charge in [0.25, 0.3) is 0 Å². The van der Waals surface area contributed by atoms with Crippen LogP contribution in [0.25, 0.3) is 5.52 Å². The molecule has 2 rings (SSSR count). The first-order chi connectivity index (χ1) is 7.15. The van der Waals surface area contributed by atoms with Gasteiger partial charge in [-0.05, 0) is 19.1 Å². The molecule has 0 aliphatic rings. The minimum atomic E-state index is -1.02. The number of nitrogens with zero attached hydrogens (tertiary/aromatic N) is 3. The largest absolute Gasteiger partial charge is 0.478 e. The van der Waals surface area contributed by atoms with Crippen molar-refractivity contribution in [2.24, 2.45) is 0 Å². The third-order valence-corrected chi connectivity index (χ3v) is 2.23. The Labute approximate surface area is 85.2 Å². The van der Waals surface area contributed by atoms with Crippen LogP contribution < -0.4 is 0 Å². The molecule has 2 aromatic heterocycles. The van der Waals surface area contributed by atoms with Gasteiger partial charge in [0.2, 0.25) is 0 Å². The average molecular weight is 201 g/mol. The quantitative estimate of drug-likeness (QED) is 0.752. The van der Waals surface area contributed by atoms with Crippen molar-refractivity contribution in [3.05, 3.63) is 35.2 Å². The lowest BCUT2D eigenvalue weighted by atomic mass is 10.1. The standard InChI is InChI=1S/C10H7N3O2/c1-6-8(5-11)12-13-4-2-3-7(9(6)13)10(14)15/h2-4H,1H3,(H,14,15). The molecule has 0 aliphatic heterocycles. The molecule has 5 nitrogen and oxygen atoms in total. The minimum absolute atomic E-state index is 0.156.